The summed E-state index contributed by atoms with van der Waals surface area (Å²) in [6.45, 7) is 6.62. The van der Waals surface area contributed by atoms with Crippen molar-refractivity contribution < 1.29 is 4.74 Å². The number of thioether (sulfide) groups is 1. The molecule has 0 aliphatic carbocycles. The number of hydrogen-bond donors (Lipinski definition) is 2. The van der Waals surface area contributed by atoms with Gasteiger partial charge >= 0.3 is 0 Å². The van der Waals surface area contributed by atoms with E-state index < -0.39 is 0 Å². The van der Waals surface area contributed by atoms with Gasteiger partial charge in [0.05, 0.1) is 12.0 Å². The average Bonchev–Trinajstić information content (AvgIpc) is 3.03. The van der Waals surface area contributed by atoms with E-state index in [1.54, 1.807) is 17.5 Å². The molecule has 0 radical (unpaired) electrons. The molecule has 0 atom stereocenters. The number of nitrogens with zero attached hydrogens (tertiary/aromatic N) is 1. The number of pyridine rings is 1. The van der Waals surface area contributed by atoms with Crippen molar-refractivity contribution in [2.24, 2.45) is 5.92 Å². The van der Waals surface area contributed by atoms with Crippen molar-refractivity contribution in [3.8, 4) is 5.75 Å². The van der Waals surface area contributed by atoms with E-state index in [2.05, 4.69) is 21.9 Å². The Morgan fingerprint density at radius 2 is 2.12 bits per heavy atom. The van der Waals surface area contributed by atoms with Gasteiger partial charge in [-0.3, -0.25) is 9.59 Å². The molecule has 3 aromatic rings. The molecule has 0 aliphatic heterocycles. The predicted octanol–water partition coefficient (Wildman–Crippen LogP) is 3.56. The molecule has 0 aliphatic rings. The molecule has 3 rings (SSSR count). The first-order valence-corrected chi connectivity index (χ1v) is 10.3. The highest BCUT2D eigenvalue weighted by Gasteiger charge is 2.10. The normalized spacial score (nSPS) is 11.4. The third-order valence-electron chi connectivity index (χ3n) is 3.65. The summed E-state index contributed by atoms with van der Waals surface area (Å²) >= 11 is 2.92. The van der Waals surface area contributed by atoms with Crippen molar-refractivity contribution >= 4 is 33.3 Å². The molecule has 0 spiro atoms. The van der Waals surface area contributed by atoms with E-state index in [0.717, 1.165) is 21.8 Å². The zero-order valence-electron chi connectivity index (χ0n) is 14.9. The molecule has 0 amide bonds. The second-order valence-corrected chi connectivity index (χ2v) is 8.42. The van der Waals surface area contributed by atoms with Gasteiger partial charge in [-0.05, 0) is 18.4 Å². The number of rotatable bonds is 7. The van der Waals surface area contributed by atoms with Crippen molar-refractivity contribution in [2.75, 3.05) is 6.61 Å². The molecule has 3 aromatic heterocycles. The van der Waals surface area contributed by atoms with Crippen LogP contribution < -0.4 is 15.7 Å². The van der Waals surface area contributed by atoms with Crippen LogP contribution in [-0.2, 0) is 12.2 Å². The van der Waals surface area contributed by atoms with Crippen LogP contribution in [0.1, 0.15) is 31.3 Å². The van der Waals surface area contributed by atoms with Crippen molar-refractivity contribution in [1.82, 2.24) is 15.0 Å². The van der Waals surface area contributed by atoms with Crippen molar-refractivity contribution in [3.63, 3.8) is 0 Å². The first-order valence-electron chi connectivity index (χ1n) is 8.46. The zero-order valence-corrected chi connectivity index (χ0v) is 16.6. The largest absolute Gasteiger partial charge is 0.488 e. The fraction of sp³-hybridized carbons (Fsp3) is 0.389. The molecule has 0 saturated heterocycles. The predicted molar refractivity (Wildman–Crippen MR) is 107 cm³/mol. The van der Waals surface area contributed by atoms with Gasteiger partial charge in [0, 0.05) is 28.6 Å². The highest BCUT2D eigenvalue weighted by molar-refractivity contribution is 7.98. The second kappa shape index (κ2) is 8.09. The van der Waals surface area contributed by atoms with Gasteiger partial charge in [-0.25, -0.2) is 4.98 Å². The number of thiophene rings is 1. The summed E-state index contributed by atoms with van der Waals surface area (Å²) in [6.07, 6.45) is 2.47. The summed E-state index contributed by atoms with van der Waals surface area (Å²) < 4.78 is 5.48. The number of fused-ring (bicyclic) bond motifs is 1. The topological polar surface area (TPSA) is 87.8 Å². The highest BCUT2D eigenvalue weighted by atomic mass is 32.2. The molecule has 8 heteroatoms. The van der Waals surface area contributed by atoms with Gasteiger partial charge in [-0.1, -0.05) is 32.5 Å². The Labute approximate surface area is 159 Å². The summed E-state index contributed by atoms with van der Waals surface area (Å²) in [7, 11) is 0. The molecule has 0 aromatic carbocycles. The number of ether oxygens (including phenoxy) is 1. The maximum Gasteiger partial charge on any atom is 0.260 e. The minimum Gasteiger partial charge on any atom is -0.488 e. The second-order valence-electron chi connectivity index (χ2n) is 6.34. The molecule has 138 valence electrons. The number of aromatic nitrogens is 3. The van der Waals surface area contributed by atoms with Crippen LogP contribution in [0.3, 0.4) is 0 Å². The lowest BCUT2D eigenvalue weighted by atomic mass is 10.2. The van der Waals surface area contributed by atoms with Crippen molar-refractivity contribution in [3.05, 3.63) is 49.5 Å². The van der Waals surface area contributed by atoms with Gasteiger partial charge in [0.1, 0.15) is 4.83 Å². The van der Waals surface area contributed by atoms with E-state index in [0.29, 0.717) is 34.6 Å². The van der Waals surface area contributed by atoms with Crippen LogP contribution in [0.4, 0.5) is 0 Å². The first kappa shape index (κ1) is 18.7. The lowest BCUT2D eigenvalue weighted by molar-refractivity contribution is 0.268. The van der Waals surface area contributed by atoms with Gasteiger partial charge in [0.2, 0.25) is 5.43 Å². The summed E-state index contributed by atoms with van der Waals surface area (Å²) in [4.78, 5) is 36.6. The van der Waals surface area contributed by atoms with E-state index in [1.165, 1.54) is 17.8 Å². The fourth-order valence-electron chi connectivity index (χ4n) is 2.30. The summed E-state index contributed by atoms with van der Waals surface area (Å²) in [6, 6.07) is 3.42. The molecule has 2 N–H and O–H groups in total. The highest BCUT2D eigenvalue weighted by Crippen LogP contribution is 2.24. The zero-order chi connectivity index (χ0) is 18.7. The van der Waals surface area contributed by atoms with Gasteiger partial charge in [-0.2, -0.15) is 0 Å². The summed E-state index contributed by atoms with van der Waals surface area (Å²) in [5, 5.41) is 1.18. The first-order chi connectivity index (χ1) is 12.5. The van der Waals surface area contributed by atoms with Crippen molar-refractivity contribution in [1.29, 1.82) is 0 Å². The van der Waals surface area contributed by atoms with Crippen LogP contribution in [0.25, 0.3) is 10.2 Å². The van der Waals surface area contributed by atoms with Gasteiger partial charge < -0.3 is 14.7 Å². The van der Waals surface area contributed by atoms with Crippen LogP contribution in [-0.4, -0.2) is 21.6 Å². The smallest absolute Gasteiger partial charge is 0.260 e. The monoisotopic (exact) mass is 391 g/mol. The van der Waals surface area contributed by atoms with E-state index in [1.807, 2.05) is 19.9 Å². The van der Waals surface area contributed by atoms with Crippen LogP contribution in [0.5, 0.6) is 5.75 Å². The number of aromatic amines is 2. The SMILES string of the molecule is CCc1cc2c(=O)[nH]c(SCc3cc(=O)c(OCC(C)C)c[nH]3)nc2s1. The van der Waals surface area contributed by atoms with E-state index in [4.69, 9.17) is 4.74 Å². The number of H-pyrrole nitrogens is 2. The molecular formula is C18H21N3O3S2. The summed E-state index contributed by atoms with van der Waals surface area (Å²) in [5.74, 6) is 1.18. The third kappa shape index (κ3) is 4.37. The molecule has 26 heavy (non-hydrogen) atoms. The van der Waals surface area contributed by atoms with E-state index in [9.17, 15) is 9.59 Å². The minimum atomic E-state index is -0.150. The molecule has 0 saturated carbocycles. The number of nitrogens with one attached hydrogen (secondary N) is 2. The van der Waals surface area contributed by atoms with Crippen LogP contribution in [0.15, 0.2) is 33.1 Å². The Morgan fingerprint density at radius 3 is 2.81 bits per heavy atom. The quantitative estimate of drug-likeness (QED) is 0.475. The molecular weight excluding hydrogens is 370 g/mol. The lowest BCUT2D eigenvalue weighted by Gasteiger charge is -2.08. The molecule has 3 heterocycles. The minimum absolute atomic E-state index is 0.126. The number of hydrogen-bond acceptors (Lipinski definition) is 6. The van der Waals surface area contributed by atoms with Crippen molar-refractivity contribution in [2.45, 2.75) is 38.1 Å². The van der Waals surface area contributed by atoms with E-state index in [-0.39, 0.29) is 11.0 Å². The molecule has 0 unspecified atom stereocenters. The Bertz CT molecular complexity index is 1020. The maximum absolute atomic E-state index is 12.2. The Morgan fingerprint density at radius 1 is 1.31 bits per heavy atom. The third-order valence-corrected chi connectivity index (χ3v) is 5.75. The maximum atomic E-state index is 12.2. The van der Waals surface area contributed by atoms with Gasteiger partial charge in [-0.15, -0.1) is 11.3 Å². The van der Waals surface area contributed by atoms with Crippen LogP contribution in [0.2, 0.25) is 0 Å². The standard InChI is InChI=1S/C18H21N3O3S2/c1-4-12-6-13-16(23)20-18(21-17(13)26-12)25-9-11-5-14(22)15(7-19-11)24-8-10(2)3/h5-7,10H,4,8-9H2,1-3H3,(H,19,22)(H,20,21,23). The van der Waals surface area contributed by atoms with Gasteiger partial charge in [0.25, 0.3) is 5.56 Å². The summed E-state index contributed by atoms with van der Waals surface area (Å²) in [5.41, 5.74) is 0.474. The lowest BCUT2D eigenvalue weighted by Crippen LogP contribution is -2.13. The average molecular weight is 392 g/mol. The van der Waals surface area contributed by atoms with Crippen LogP contribution >= 0.6 is 23.1 Å². The Hall–Kier alpha value is -2.06. The molecule has 6 nitrogen and oxygen atoms in total. The number of aryl methyl sites for hydroxylation is 1. The van der Waals surface area contributed by atoms with E-state index >= 15 is 0 Å². The Kier molecular flexibility index (Phi) is 5.83. The van der Waals surface area contributed by atoms with Gasteiger partial charge in [0.15, 0.2) is 10.9 Å². The molecule has 0 bridgehead atoms. The fourth-order valence-corrected chi connectivity index (χ4v) is 4.11. The molecule has 0 fully saturated rings. The Balaban J connectivity index is 1.72. The van der Waals surface area contributed by atoms with Crippen LogP contribution in [0, 0.1) is 5.92 Å².